The fourth-order valence-electron chi connectivity index (χ4n) is 2.45. The Kier molecular flexibility index (Phi) is 6.09. The van der Waals surface area contributed by atoms with Crippen LogP contribution >= 0.6 is 0 Å². The van der Waals surface area contributed by atoms with Crippen molar-refractivity contribution in [3.05, 3.63) is 0 Å². The number of aliphatic hydroxyl groups is 7. The molecule has 2 rings (SSSR count). The number of ether oxygens (including phenoxy) is 3. The number of hydrogen-bond donors (Lipinski definition) is 8. The van der Waals surface area contributed by atoms with Gasteiger partial charge in [-0.05, 0) is 0 Å². The van der Waals surface area contributed by atoms with Crippen molar-refractivity contribution in [2.24, 2.45) is 0 Å². The Balaban J connectivity index is 1.98. The van der Waals surface area contributed by atoms with Crippen LogP contribution in [-0.2, 0) is 19.0 Å². The molecule has 140 valence electrons. The number of rotatable bonds is 4. The lowest BCUT2D eigenvalue weighted by Gasteiger charge is -2.41. The summed E-state index contributed by atoms with van der Waals surface area (Å²) in [6.45, 7) is -0.584. The predicted molar refractivity (Wildman–Crippen MR) is 69.2 cm³/mol. The lowest BCUT2D eigenvalue weighted by Crippen LogP contribution is -2.62. The zero-order valence-corrected chi connectivity index (χ0v) is 12.2. The van der Waals surface area contributed by atoms with Crippen molar-refractivity contribution in [3.63, 3.8) is 0 Å². The van der Waals surface area contributed by atoms with E-state index in [1.54, 1.807) is 0 Å². The molecule has 2 aliphatic rings. The first-order valence-electron chi connectivity index (χ1n) is 7.07. The van der Waals surface area contributed by atoms with Crippen LogP contribution in [0.5, 0.6) is 0 Å². The molecule has 0 aromatic heterocycles. The highest BCUT2D eigenvalue weighted by atomic mass is 16.7. The minimum atomic E-state index is -1.88. The summed E-state index contributed by atoms with van der Waals surface area (Å²) in [7, 11) is 0. The summed E-state index contributed by atoms with van der Waals surface area (Å²) in [6, 6.07) is 0. The van der Waals surface area contributed by atoms with Crippen LogP contribution in [0.15, 0.2) is 0 Å². The van der Waals surface area contributed by atoms with Crippen LogP contribution < -0.4 is 0 Å². The van der Waals surface area contributed by atoms with Crippen LogP contribution in [0.3, 0.4) is 0 Å². The summed E-state index contributed by atoms with van der Waals surface area (Å²) in [5.74, 6) is -1.59. The van der Waals surface area contributed by atoms with Gasteiger partial charge in [0.15, 0.2) is 18.7 Å². The van der Waals surface area contributed by atoms with Gasteiger partial charge in [-0.2, -0.15) is 0 Å². The summed E-state index contributed by atoms with van der Waals surface area (Å²) in [4.78, 5) is 11.0. The Bertz CT molecular complexity index is 446. The van der Waals surface area contributed by atoms with E-state index < -0.39 is 74.0 Å². The smallest absolute Gasteiger partial charge is 0.335 e. The van der Waals surface area contributed by atoms with Gasteiger partial charge in [-0.3, -0.25) is 0 Å². The van der Waals surface area contributed by atoms with Crippen molar-refractivity contribution in [1.29, 1.82) is 0 Å². The van der Waals surface area contributed by atoms with E-state index in [0.717, 1.165) is 0 Å². The monoisotopic (exact) mass is 356 g/mol. The first-order valence-corrected chi connectivity index (χ1v) is 7.07. The molecule has 0 radical (unpaired) electrons. The number of carboxylic acids is 1. The molecule has 2 saturated heterocycles. The summed E-state index contributed by atoms with van der Waals surface area (Å²) in [6.07, 6.45) is -17.3. The van der Waals surface area contributed by atoms with Gasteiger partial charge < -0.3 is 55.1 Å². The van der Waals surface area contributed by atoms with Crippen molar-refractivity contribution >= 4 is 5.97 Å². The van der Waals surface area contributed by atoms with Gasteiger partial charge in [-0.25, -0.2) is 4.79 Å². The van der Waals surface area contributed by atoms with E-state index in [-0.39, 0.29) is 0 Å². The molecule has 0 aromatic rings. The fourth-order valence-corrected chi connectivity index (χ4v) is 2.45. The standard InChI is InChI=1S/C12H20O12/c13-3-2(23-11(21)7(17)4(3)14)1-22-12-8(18)5(15)6(16)9(24-12)10(19)20/h2-9,11-18,21H,1H2,(H,19,20)/t2-,3-,4+,5-,6-,7-,8+,9-,11-,12+/m1/s1. The second-order valence-electron chi connectivity index (χ2n) is 5.61. The SMILES string of the molecule is O=C(O)[C@@H]1O[C@H](OC[C@H]2O[C@@H](O)[C@H](O)[C@@H](O)[C@@H]2O)[C@@H](O)[C@H](O)[C@H]1O. The number of carboxylic acid groups (broad SMARTS) is 1. The molecule has 0 amide bonds. The number of aliphatic carboxylic acids is 1. The normalized spacial score (nSPS) is 49.8. The van der Waals surface area contributed by atoms with E-state index in [1.165, 1.54) is 0 Å². The predicted octanol–water partition coefficient (Wildman–Crippen LogP) is -5.30. The number of hydrogen-bond acceptors (Lipinski definition) is 11. The Morgan fingerprint density at radius 1 is 0.792 bits per heavy atom. The molecule has 12 nitrogen and oxygen atoms in total. The Morgan fingerprint density at radius 2 is 1.38 bits per heavy atom. The lowest BCUT2D eigenvalue weighted by atomic mass is 9.98. The summed E-state index contributed by atoms with van der Waals surface area (Å²) < 4.78 is 14.7. The first kappa shape index (κ1) is 19.4. The maximum absolute atomic E-state index is 11.0. The molecule has 0 aliphatic carbocycles. The maximum atomic E-state index is 11.0. The summed E-state index contributed by atoms with van der Waals surface area (Å²) in [5, 5.41) is 75.8. The van der Waals surface area contributed by atoms with Crippen LogP contribution in [0.4, 0.5) is 0 Å². The molecule has 0 bridgehead atoms. The second-order valence-corrected chi connectivity index (χ2v) is 5.61. The molecular formula is C12H20O12. The third kappa shape index (κ3) is 3.67. The molecule has 0 saturated carbocycles. The first-order chi connectivity index (χ1) is 11.1. The van der Waals surface area contributed by atoms with E-state index in [4.69, 9.17) is 19.3 Å². The molecule has 2 aliphatic heterocycles. The molecular weight excluding hydrogens is 336 g/mol. The van der Waals surface area contributed by atoms with Crippen molar-refractivity contribution in [2.75, 3.05) is 6.61 Å². The zero-order valence-electron chi connectivity index (χ0n) is 12.2. The quantitative estimate of drug-likeness (QED) is 0.238. The van der Waals surface area contributed by atoms with Gasteiger partial charge in [0.25, 0.3) is 0 Å². The van der Waals surface area contributed by atoms with Gasteiger partial charge in [-0.15, -0.1) is 0 Å². The van der Waals surface area contributed by atoms with Gasteiger partial charge in [0, 0.05) is 0 Å². The third-order valence-electron chi connectivity index (χ3n) is 3.92. The van der Waals surface area contributed by atoms with E-state index in [0.29, 0.717) is 0 Å². The van der Waals surface area contributed by atoms with Crippen molar-refractivity contribution in [3.8, 4) is 0 Å². The molecule has 0 aromatic carbocycles. The molecule has 12 heteroatoms. The van der Waals surface area contributed by atoms with Gasteiger partial charge in [0.2, 0.25) is 0 Å². The van der Waals surface area contributed by atoms with Gasteiger partial charge >= 0.3 is 5.97 Å². The largest absolute Gasteiger partial charge is 0.479 e. The van der Waals surface area contributed by atoms with E-state index in [1.807, 2.05) is 0 Å². The average molecular weight is 356 g/mol. The highest BCUT2D eigenvalue weighted by Crippen LogP contribution is 2.25. The lowest BCUT2D eigenvalue weighted by molar-refractivity contribution is -0.321. The van der Waals surface area contributed by atoms with Crippen LogP contribution in [0, 0.1) is 0 Å². The molecule has 0 spiro atoms. The molecule has 10 atom stereocenters. The Labute approximate surface area is 135 Å². The third-order valence-corrected chi connectivity index (χ3v) is 3.92. The topological polar surface area (TPSA) is 207 Å². The highest BCUT2D eigenvalue weighted by molar-refractivity contribution is 5.73. The van der Waals surface area contributed by atoms with Crippen LogP contribution in [0.2, 0.25) is 0 Å². The van der Waals surface area contributed by atoms with Gasteiger partial charge in [-0.1, -0.05) is 0 Å². The van der Waals surface area contributed by atoms with Gasteiger partial charge in [0.1, 0.15) is 42.7 Å². The van der Waals surface area contributed by atoms with E-state index in [2.05, 4.69) is 0 Å². The van der Waals surface area contributed by atoms with Crippen molar-refractivity contribution < 1.29 is 59.9 Å². The Hall–Kier alpha value is -0.930. The van der Waals surface area contributed by atoms with Crippen molar-refractivity contribution in [2.45, 2.75) is 61.4 Å². The molecule has 2 heterocycles. The number of aliphatic hydroxyl groups excluding tert-OH is 7. The molecule has 8 N–H and O–H groups in total. The van der Waals surface area contributed by atoms with Crippen LogP contribution in [0.1, 0.15) is 0 Å². The Morgan fingerprint density at radius 3 is 1.96 bits per heavy atom. The summed E-state index contributed by atoms with van der Waals surface area (Å²) in [5.41, 5.74) is 0. The van der Waals surface area contributed by atoms with E-state index >= 15 is 0 Å². The van der Waals surface area contributed by atoms with Crippen molar-refractivity contribution in [1.82, 2.24) is 0 Å². The highest BCUT2D eigenvalue weighted by Gasteiger charge is 2.49. The van der Waals surface area contributed by atoms with Gasteiger partial charge in [0.05, 0.1) is 6.61 Å². The molecule has 24 heavy (non-hydrogen) atoms. The van der Waals surface area contributed by atoms with Crippen LogP contribution in [-0.4, -0.2) is 115 Å². The maximum Gasteiger partial charge on any atom is 0.335 e. The number of carbonyl (C=O) groups is 1. The average Bonchev–Trinajstić information content (AvgIpc) is 2.54. The minimum absolute atomic E-state index is 0.584. The minimum Gasteiger partial charge on any atom is -0.479 e. The molecule has 0 unspecified atom stereocenters. The second kappa shape index (κ2) is 7.53. The summed E-state index contributed by atoms with van der Waals surface area (Å²) >= 11 is 0. The fraction of sp³-hybridized carbons (Fsp3) is 0.917. The zero-order chi connectivity index (χ0) is 18.2. The van der Waals surface area contributed by atoms with E-state index in [9.17, 15) is 40.5 Å². The van der Waals surface area contributed by atoms with Crippen LogP contribution in [0.25, 0.3) is 0 Å². The molecule has 2 fully saturated rings.